The van der Waals surface area contributed by atoms with Gasteiger partial charge in [0.1, 0.15) is 17.6 Å². The molecule has 2 aromatic heterocycles. The minimum absolute atomic E-state index is 0.0117. The topological polar surface area (TPSA) is 109 Å². The van der Waals surface area contributed by atoms with Crippen LogP contribution in [-0.4, -0.2) is 62.7 Å². The second-order valence-electron chi connectivity index (χ2n) is 11.8. The molecule has 0 saturated carbocycles. The summed E-state index contributed by atoms with van der Waals surface area (Å²) in [5, 5.41) is 22.4. The van der Waals surface area contributed by atoms with E-state index in [-0.39, 0.29) is 22.5 Å². The molecule has 4 heterocycles. The number of tetrazole rings is 1. The lowest BCUT2D eigenvalue weighted by Gasteiger charge is -2.39. The number of nitrogens with zero attached hydrogens (tertiary/aromatic N) is 7. The van der Waals surface area contributed by atoms with Gasteiger partial charge in [-0.3, -0.25) is 4.98 Å². The Hall–Kier alpha value is -5.02. The first kappa shape index (κ1) is 31.6. The van der Waals surface area contributed by atoms with Crippen LogP contribution in [0.25, 0.3) is 22.5 Å². The first-order chi connectivity index (χ1) is 22.8. The number of rotatable bonds is 6. The molecular formula is C33H28F6N8O. The Bertz CT molecular complexity index is 1920. The second-order valence-corrected chi connectivity index (χ2v) is 11.8. The summed E-state index contributed by atoms with van der Waals surface area (Å²) in [7, 11) is 0. The molecule has 5 aromatic rings. The number of alkyl halides is 5. The third-order valence-corrected chi connectivity index (χ3v) is 9.00. The van der Waals surface area contributed by atoms with Crippen molar-refractivity contribution in [3.8, 4) is 22.5 Å². The highest BCUT2D eigenvalue weighted by Crippen LogP contribution is 2.50. The number of nitrogens with two attached hydrogens (primary N) is 1. The van der Waals surface area contributed by atoms with Gasteiger partial charge >= 0.3 is 12.1 Å². The Balaban J connectivity index is 1.03. The first-order valence-electron chi connectivity index (χ1n) is 15.0. The van der Waals surface area contributed by atoms with Crippen LogP contribution in [0.15, 0.2) is 85.1 Å². The van der Waals surface area contributed by atoms with E-state index in [0.29, 0.717) is 31.7 Å². The normalized spacial score (nSPS) is 18.8. The van der Waals surface area contributed by atoms with Gasteiger partial charge in [0.25, 0.3) is 0 Å². The average molecular weight is 667 g/mol. The molecule has 1 unspecified atom stereocenters. The summed E-state index contributed by atoms with van der Waals surface area (Å²) >= 11 is 0. The first-order valence-corrected chi connectivity index (χ1v) is 15.0. The van der Waals surface area contributed by atoms with Gasteiger partial charge < -0.3 is 20.6 Å². The number of aromatic nitrogens is 5. The zero-order valence-electron chi connectivity index (χ0n) is 25.1. The van der Waals surface area contributed by atoms with Crippen LogP contribution in [0.4, 0.5) is 37.7 Å². The van der Waals surface area contributed by atoms with Crippen LogP contribution < -0.4 is 15.5 Å². The Morgan fingerprint density at radius 1 is 0.792 bits per heavy atom. The minimum atomic E-state index is -4.50. The number of piperazine rings is 1. The lowest BCUT2D eigenvalue weighted by molar-refractivity contribution is -0.207. The van der Waals surface area contributed by atoms with Crippen molar-refractivity contribution in [2.45, 2.75) is 30.3 Å². The van der Waals surface area contributed by atoms with Crippen molar-refractivity contribution in [1.29, 1.82) is 0 Å². The number of pyridine rings is 1. The SMILES string of the molecule is NC(c1ccc(N2CCN(c3ccc(-c4ccc(C(F)(F)[C@]5(O)Cn6nnnc6-c6cc(F)ccc65)nc4)cc3)CC2)cc1)C(F)(F)F. The van der Waals surface area contributed by atoms with Crippen molar-refractivity contribution < 1.29 is 31.4 Å². The number of aliphatic hydroxyl groups is 1. The van der Waals surface area contributed by atoms with E-state index in [2.05, 4.69) is 30.3 Å². The largest absolute Gasteiger partial charge is 0.407 e. The summed E-state index contributed by atoms with van der Waals surface area (Å²) in [6, 6.07) is 17.4. The summed E-state index contributed by atoms with van der Waals surface area (Å²) in [5.41, 5.74) is 4.71. The monoisotopic (exact) mass is 666 g/mol. The second kappa shape index (κ2) is 11.6. The molecule has 0 bridgehead atoms. The minimum Gasteiger partial charge on any atom is -0.377 e. The number of fused-ring (bicyclic) bond motifs is 3. The summed E-state index contributed by atoms with van der Waals surface area (Å²) in [6.07, 6.45) is -3.19. The third kappa shape index (κ3) is 5.42. The maximum Gasteiger partial charge on any atom is 0.407 e. The Morgan fingerprint density at radius 3 is 1.98 bits per heavy atom. The molecule has 248 valence electrons. The van der Waals surface area contributed by atoms with Crippen molar-refractivity contribution in [1.82, 2.24) is 25.2 Å². The fourth-order valence-electron chi connectivity index (χ4n) is 6.27. The molecule has 7 rings (SSSR count). The zero-order valence-corrected chi connectivity index (χ0v) is 25.1. The number of anilines is 2. The van der Waals surface area contributed by atoms with E-state index in [1.807, 2.05) is 24.3 Å². The van der Waals surface area contributed by atoms with Gasteiger partial charge in [0, 0.05) is 60.4 Å². The molecule has 0 radical (unpaired) electrons. The van der Waals surface area contributed by atoms with Gasteiger partial charge in [-0.25, -0.2) is 9.07 Å². The molecule has 0 amide bonds. The predicted molar refractivity (Wildman–Crippen MR) is 165 cm³/mol. The Labute approximate surface area is 270 Å². The summed E-state index contributed by atoms with van der Waals surface area (Å²) in [4.78, 5) is 8.31. The zero-order chi connectivity index (χ0) is 33.8. The highest BCUT2D eigenvalue weighted by Gasteiger charge is 2.59. The number of hydrogen-bond acceptors (Lipinski definition) is 8. The Morgan fingerprint density at radius 2 is 1.40 bits per heavy atom. The fourth-order valence-corrected chi connectivity index (χ4v) is 6.27. The lowest BCUT2D eigenvalue weighted by atomic mass is 9.80. The molecule has 2 aliphatic rings. The molecule has 0 aliphatic carbocycles. The maximum absolute atomic E-state index is 16.1. The van der Waals surface area contributed by atoms with E-state index in [0.717, 1.165) is 45.9 Å². The smallest absolute Gasteiger partial charge is 0.377 e. The van der Waals surface area contributed by atoms with E-state index in [9.17, 15) is 22.7 Å². The molecule has 2 aliphatic heterocycles. The van der Waals surface area contributed by atoms with Crippen molar-refractivity contribution in [3.63, 3.8) is 0 Å². The van der Waals surface area contributed by atoms with E-state index in [1.54, 1.807) is 12.1 Å². The van der Waals surface area contributed by atoms with E-state index in [4.69, 9.17) is 5.73 Å². The molecule has 48 heavy (non-hydrogen) atoms. The quantitative estimate of drug-likeness (QED) is 0.231. The highest BCUT2D eigenvalue weighted by atomic mass is 19.4. The third-order valence-electron chi connectivity index (χ3n) is 9.00. The van der Waals surface area contributed by atoms with Crippen molar-refractivity contribution in [2.75, 3.05) is 36.0 Å². The van der Waals surface area contributed by atoms with Crippen molar-refractivity contribution >= 4 is 11.4 Å². The van der Waals surface area contributed by atoms with Crippen LogP contribution in [0.3, 0.4) is 0 Å². The fraction of sp³-hybridized carbons (Fsp3) is 0.273. The molecule has 15 heteroatoms. The van der Waals surface area contributed by atoms with Gasteiger partial charge in [-0.05, 0) is 64.0 Å². The van der Waals surface area contributed by atoms with Crippen LogP contribution in [-0.2, 0) is 18.1 Å². The van der Waals surface area contributed by atoms with Gasteiger partial charge in [0.2, 0.25) is 0 Å². The Kier molecular flexibility index (Phi) is 7.63. The van der Waals surface area contributed by atoms with Gasteiger partial charge in [0.15, 0.2) is 11.4 Å². The van der Waals surface area contributed by atoms with E-state index < -0.39 is 41.8 Å². The van der Waals surface area contributed by atoms with Crippen LogP contribution in [0.2, 0.25) is 0 Å². The number of benzene rings is 3. The van der Waals surface area contributed by atoms with Gasteiger partial charge in [-0.15, -0.1) is 5.10 Å². The average Bonchev–Trinajstić information content (AvgIpc) is 3.56. The summed E-state index contributed by atoms with van der Waals surface area (Å²) in [6.45, 7) is 2.01. The molecule has 9 nitrogen and oxygen atoms in total. The number of hydrogen-bond donors (Lipinski definition) is 2. The lowest BCUT2D eigenvalue weighted by Crippen LogP contribution is -2.49. The van der Waals surface area contributed by atoms with E-state index >= 15 is 8.78 Å². The molecule has 0 spiro atoms. The van der Waals surface area contributed by atoms with Gasteiger partial charge in [-0.1, -0.05) is 36.4 Å². The molecule has 3 N–H and O–H groups in total. The summed E-state index contributed by atoms with van der Waals surface area (Å²) in [5.74, 6) is -4.51. The molecule has 1 saturated heterocycles. The van der Waals surface area contributed by atoms with Crippen molar-refractivity contribution in [2.24, 2.45) is 5.73 Å². The molecule has 2 atom stereocenters. The van der Waals surface area contributed by atoms with Crippen LogP contribution in [0.5, 0.6) is 0 Å². The van der Waals surface area contributed by atoms with Gasteiger partial charge in [0.05, 0.1) is 6.54 Å². The highest BCUT2D eigenvalue weighted by molar-refractivity contribution is 5.67. The predicted octanol–water partition coefficient (Wildman–Crippen LogP) is 5.42. The molecule has 1 fully saturated rings. The number of halogens is 6. The van der Waals surface area contributed by atoms with Crippen LogP contribution in [0, 0.1) is 5.82 Å². The van der Waals surface area contributed by atoms with Crippen LogP contribution in [0.1, 0.15) is 22.9 Å². The molecule has 3 aromatic carbocycles. The van der Waals surface area contributed by atoms with E-state index in [1.165, 1.54) is 24.4 Å². The van der Waals surface area contributed by atoms with Gasteiger partial charge in [-0.2, -0.15) is 22.0 Å². The standard InChI is InChI=1S/C33H28F6N8O/c34-23-6-11-27-26(17-23)30-42-43-44-47(30)19-31(27,48)32(35,36)28-12-5-22(18-41-28)20-1-7-24(8-2-20)45-13-15-46(16-14-45)25-9-3-21(4-10-25)29(40)33(37,38)39/h1-12,17-18,29,48H,13-16,19,40H2/t29?,31-/m0/s1. The summed E-state index contributed by atoms with van der Waals surface area (Å²) < 4.78 is 86.0. The molecular weight excluding hydrogens is 638 g/mol. The van der Waals surface area contributed by atoms with Crippen molar-refractivity contribution in [3.05, 3.63) is 108 Å². The maximum atomic E-state index is 16.1. The van der Waals surface area contributed by atoms with Crippen LogP contribution >= 0.6 is 0 Å².